The molecule has 0 radical (unpaired) electrons. The Morgan fingerprint density at radius 2 is 1.84 bits per heavy atom. The molecule has 0 unspecified atom stereocenters. The number of halogens is 1. The van der Waals surface area contributed by atoms with Crippen molar-refractivity contribution in [1.29, 1.82) is 0 Å². The fourth-order valence-electron chi connectivity index (χ4n) is 1.92. The van der Waals surface area contributed by atoms with Crippen molar-refractivity contribution in [1.82, 2.24) is 9.97 Å². The highest BCUT2D eigenvalue weighted by Crippen LogP contribution is 2.25. The van der Waals surface area contributed by atoms with E-state index in [4.69, 9.17) is 4.98 Å². The summed E-state index contributed by atoms with van der Waals surface area (Å²) in [5.41, 5.74) is 2.35. The molecule has 0 saturated heterocycles. The van der Waals surface area contributed by atoms with Crippen LogP contribution in [0.2, 0.25) is 0 Å². The average Bonchev–Trinajstić information content (AvgIpc) is 2.41. The molecule has 1 aromatic carbocycles. The highest BCUT2D eigenvalue weighted by Gasteiger charge is 2.14. The molecule has 0 bridgehead atoms. The van der Waals surface area contributed by atoms with Gasteiger partial charge in [-0.15, -0.1) is 0 Å². The number of benzene rings is 1. The van der Waals surface area contributed by atoms with Crippen molar-refractivity contribution >= 4 is 28.4 Å². The molecule has 2 rings (SSSR count). The van der Waals surface area contributed by atoms with Crippen LogP contribution in [0.3, 0.4) is 0 Å². The molecule has 0 amide bonds. The number of nitrogens with one attached hydrogen (secondary N) is 1. The molecule has 19 heavy (non-hydrogen) atoms. The maximum atomic E-state index is 4.72. The minimum absolute atomic E-state index is 0.400. The summed E-state index contributed by atoms with van der Waals surface area (Å²) in [6.07, 6.45) is 0.770. The molecule has 1 N–H and O–H groups in total. The van der Waals surface area contributed by atoms with Gasteiger partial charge in [-0.3, -0.25) is 0 Å². The van der Waals surface area contributed by atoms with Crippen molar-refractivity contribution in [2.45, 2.75) is 26.2 Å². The van der Waals surface area contributed by atoms with Gasteiger partial charge in [0.15, 0.2) is 0 Å². The summed E-state index contributed by atoms with van der Waals surface area (Å²) in [5, 5.41) is 3.16. The SMILES string of the molecule is CNc1nc(Cc2ccccc2)nc(C(C)C)c1I. The Labute approximate surface area is 128 Å². The summed E-state index contributed by atoms with van der Waals surface area (Å²) in [7, 11) is 1.90. The first kappa shape index (κ1) is 14.2. The molecule has 1 aromatic heterocycles. The van der Waals surface area contributed by atoms with Crippen LogP contribution in [0.15, 0.2) is 30.3 Å². The number of hydrogen-bond acceptors (Lipinski definition) is 3. The van der Waals surface area contributed by atoms with Crippen molar-refractivity contribution in [3.05, 3.63) is 51.0 Å². The highest BCUT2D eigenvalue weighted by molar-refractivity contribution is 14.1. The lowest BCUT2D eigenvalue weighted by Crippen LogP contribution is -2.09. The van der Waals surface area contributed by atoms with Crippen molar-refractivity contribution in [3.8, 4) is 0 Å². The van der Waals surface area contributed by atoms with Crippen molar-refractivity contribution in [3.63, 3.8) is 0 Å². The van der Waals surface area contributed by atoms with Gasteiger partial charge in [0.05, 0.1) is 9.26 Å². The minimum atomic E-state index is 0.400. The second-order valence-corrected chi connectivity index (χ2v) is 5.83. The zero-order valence-electron chi connectivity index (χ0n) is 11.4. The van der Waals surface area contributed by atoms with Crippen LogP contribution in [0.1, 0.15) is 36.8 Å². The van der Waals surface area contributed by atoms with E-state index in [9.17, 15) is 0 Å². The lowest BCUT2D eigenvalue weighted by atomic mass is 10.1. The molecular weight excluding hydrogens is 349 g/mol. The van der Waals surface area contributed by atoms with Crippen LogP contribution >= 0.6 is 22.6 Å². The monoisotopic (exact) mass is 367 g/mol. The number of anilines is 1. The zero-order chi connectivity index (χ0) is 13.8. The quantitative estimate of drug-likeness (QED) is 0.835. The molecule has 0 aliphatic heterocycles. The van der Waals surface area contributed by atoms with Crippen molar-refractivity contribution in [2.24, 2.45) is 0 Å². The fraction of sp³-hybridized carbons (Fsp3) is 0.333. The lowest BCUT2D eigenvalue weighted by Gasteiger charge is -2.13. The predicted molar refractivity (Wildman–Crippen MR) is 87.6 cm³/mol. The Balaban J connectivity index is 2.38. The highest BCUT2D eigenvalue weighted by atomic mass is 127. The molecule has 0 fully saturated rings. The van der Waals surface area contributed by atoms with Crippen LogP contribution < -0.4 is 5.32 Å². The normalized spacial score (nSPS) is 10.8. The maximum absolute atomic E-state index is 4.72. The second-order valence-electron chi connectivity index (χ2n) is 4.75. The Morgan fingerprint density at radius 3 is 2.42 bits per heavy atom. The molecule has 2 aromatic rings. The third-order valence-corrected chi connectivity index (χ3v) is 3.98. The molecule has 0 aliphatic carbocycles. The summed E-state index contributed by atoms with van der Waals surface area (Å²) < 4.78 is 1.12. The summed E-state index contributed by atoms with van der Waals surface area (Å²) in [6.45, 7) is 4.33. The van der Waals surface area contributed by atoms with Gasteiger partial charge in [-0.05, 0) is 34.1 Å². The van der Waals surface area contributed by atoms with Gasteiger partial charge in [0.2, 0.25) is 0 Å². The van der Waals surface area contributed by atoms with E-state index in [0.717, 1.165) is 27.3 Å². The van der Waals surface area contributed by atoms with Crippen LogP contribution in [0, 0.1) is 3.57 Å². The Bertz CT molecular complexity index is 553. The average molecular weight is 367 g/mol. The van der Waals surface area contributed by atoms with Gasteiger partial charge in [0, 0.05) is 13.5 Å². The minimum Gasteiger partial charge on any atom is -0.372 e. The molecule has 100 valence electrons. The maximum Gasteiger partial charge on any atom is 0.143 e. The molecule has 0 aliphatic rings. The van der Waals surface area contributed by atoms with Gasteiger partial charge in [0.1, 0.15) is 11.6 Å². The first-order valence-corrected chi connectivity index (χ1v) is 7.47. The van der Waals surface area contributed by atoms with Gasteiger partial charge in [-0.25, -0.2) is 9.97 Å². The van der Waals surface area contributed by atoms with Gasteiger partial charge in [0.25, 0.3) is 0 Å². The molecule has 0 saturated carbocycles. The van der Waals surface area contributed by atoms with Gasteiger partial charge in [-0.2, -0.15) is 0 Å². The number of hydrogen-bond donors (Lipinski definition) is 1. The first-order chi connectivity index (χ1) is 9.11. The largest absolute Gasteiger partial charge is 0.372 e. The van der Waals surface area contributed by atoms with Gasteiger partial charge < -0.3 is 5.32 Å². The van der Waals surface area contributed by atoms with E-state index in [0.29, 0.717) is 5.92 Å². The lowest BCUT2D eigenvalue weighted by molar-refractivity contribution is 0.784. The standard InChI is InChI=1S/C15H18IN3/c1-10(2)14-13(16)15(17-3)19-12(18-14)9-11-7-5-4-6-8-11/h4-8,10H,9H2,1-3H3,(H,17,18,19). The van der Waals surface area contributed by atoms with E-state index in [1.54, 1.807) is 0 Å². The number of nitrogens with zero attached hydrogens (tertiary/aromatic N) is 2. The molecule has 4 heteroatoms. The Morgan fingerprint density at radius 1 is 1.16 bits per heavy atom. The molecule has 0 atom stereocenters. The first-order valence-electron chi connectivity index (χ1n) is 6.39. The molecular formula is C15H18IN3. The second kappa shape index (κ2) is 6.32. The van der Waals surface area contributed by atoms with E-state index in [2.05, 4.69) is 58.9 Å². The summed E-state index contributed by atoms with van der Waals surface area (Å²) in [5.74, 6) is 2.20. The van der Waals surface area contributed by atoms with Gasteiger partial charge >= 0.3 is 0 Å². The summed E-state index contributed by atoms with van der Waals surface area (Å²) in [6, 6.07) is 10.3. The third-order valence-electron chi connectivity index (χ3n) is 2.91. The number of aromatic nitrogens is 2. The molecule has 1 heterocycles. The van der Waals surface area contributed by atoms with Crippen molar-refractivity contribution in [2.75, 3.05) is 12.4 Å². The van der Waals surface area contributed by atoms with Crippen LogP contribution in [0.4, 0.5) is 5.82 Å². The third kappa shape index (κ3) is 3.43. The van der Waals surface area contributed by atoms with Crippen LogP contribution in [0.25, 0.3) is 0 Å². The van der Waals surface area contributed by atoms with Crippen LogP contribution in [-0.4, -0.2) is 17.0 Å². The Hall–Kier alpha value is -1.17. The number of rotatable bonds is 4. The summed E-state index contributed by atoms with van der Waals surface area (Å²) in [4.78, 5) is 9.32. The zero-order valence-corrected chi connectivity index (χ0v) is 13.6. The van der Waals surface area contributed by atoms with Crippen LogP contribution in [0.5, 0.6) is 0 Å². The predicted octanol–water partition coefficient (Wildman–Crippen LogP) is 3.84. The summed E-state index contributed by atoms with van der Waals surface area (Å²) >= 11 is 2.32. The van der Waals surface area contributed by atoms with Crippen LogP contribution in [-0.2, 0) is 6.42 Å². The molecule has 3 nitrogen and oxygen atoms in total. The van der Waals surface area contributed by atoms with Gasteiger partial charge in [-0.1, -0.05) is 44.2 Å². The fourth-order valence-corrected chi connectivity index (χ4v) is 3.05. The molecule has 0 spiro atoms. The Kier molecular flexibility index (Phi) is 4.74. The topological polar surface area (TPSA) is 37.8 Å². The van der Waals surface area contributed by atoms with Crippen molar-refractivity contribution < 1.29 is 0 Å². The van der Waals surface area contributed by atoms with E-state index >= 15 is 0 Å². The van der Waals surface area contributed by atoms with E-state index < -0.39 is 0 Å². The smallest absolute Gasteiger partial charge is 0.143 e. The van der Waals surface area contributed by atoms with E-state index in [1.807, 2.05) is 25.2 Å². The van der Waals surface area contributed by atoms with E-state index in [-0.39, 0.29) is 0 Å². The van der Waals surface area contributed by atoms with E-state index in [1.165, 1.54) is 5.56 Å².